The monoisotopic (exact) mass is 197 g/mol. The van der Waals surface area contributed by atoms with Crippen LogP contribution >= 0.6 is 23.8 Å². The Hall–Kier alpha value is -0.600. The Balaban J connectivity index is 2.60. The van der Waals surface area contributed by atoms with Crippen LogP contribution in [0.25, 0.3) is 0 Å². The fourth-order valence-electron chi connectivity index (χ4n) is 1.44. The third kappa shape index (κ3) is 1.03. The highest BCUT2D eigenvalue weighted by atomic mass is 35.5. The van der Waals surface area contributed by atoms with E-state index < -0.39 is 0 Å². The molecule has 2 rings (SSSR count). The Bertz CT molecular complexity index is 348. The molecule has 0 saturated carbocycles. The SMILES string of the molecule is CN1C(=S)Cc2c(Cl)cccc21. The van der Waals surface area contributed by atoms with E-state index in [1.54, 1.807) is 0 Å². The van der Waals surface area contributed by atoms with E-state index in [4.69, 9.17) is 23.8 Å². The molecule has 1 heterocycles. The van der Waals surface area contributed by atoms with Crippen molar-refractivity contribution >= 4 is 34.5 Å². The number of anilines is 1. The fourth-order valence-corrected chi connectivity index (χ4v) is 1.92. The molecule has 0 fully saturated rings. The van der Waals surface area contributed by atoms with E-state index in [2.05, 4.69) is 0 Å². The normalized spacial score (nSPS) is 15.2. The molecule has 0 spiro atoms. The minimum atomic E-state index is 0.806. The van der Waals surface area contributed by atoms with Crippen molar-refractivity contribution in [3.63, 3.8) is 0 Å². The van der Waals surface area contributed by atoms with Crippen molar-refractivity contribution in [1.82, 2.24) is 0 Å². The second-order valence-electron chi connectivity index (χ2n) is 2.87. The number of halogens is 1. The van der Waals surface area contributed by atoms with Crippen molar-refractivity contribution < 1.29 is 0 Å². The van der Waals surface area contributed by atoms with Crippen molar-refractivity contribution in [3.05, 3.63) is 28.8 Å². The molecule has 1 aromatic rings. The van der Waals surface area contributed by atoms with Crippen LogP contribution in [0.2, 0.25) is 5.02 Å². The van der Waals surface area contributed by atoms with Gasteiger partial charge in [-0.3, -0.25) is 0 Å². The lowest BCUT2D eigenvalue weighted by atomic mass is 10.2. The summed E-state index contributed by atoms with van der Waals surface area (Å²) in [7, 11) is 1.98. The van der Waals surface area contributed by atoms with Crippen LogP contribution in [0.4, 0.5) is 5.69 Å². The number of benzene rings is 1. The molecule has 12 heavy (non-hydrogen) atoms. The number of likely N-dealkylation sites (N-methyl/N-ethyl adjacent to an activating group) is 1. The minimum absolute atomic E-state index is 0.806. The van der Waals surface area contributed by atoms with Gasteiger partial charge in [-0.1, -0.05) is 29.9 Å². The van der Waals surface area contributed by atoms with Crippen LogP contribution in [-0.2, 0) is 6.42 Å². The Labute approximate surface area is 81.9 Å². The summed E-state index contributed by atoms with van der Waals surface area (Å²) in [6.45, 7) is 0. The molecule has 1 aliphatic rings. The van der Waals surface area contributed by atoms with Crippen molar-refractivity contribution in [2.24, 2.45) is 0 Å². The van der Waals surface area contributed by atoms with Gasteiger partial charge in [0, 0.05) is 29.7 Å². The van der Waals surface area contributed by atoms with Gasteiger partial charge in [-0.05, 0) is 12.1 Å². The first-order valence-electron chi connectivity index (χ1n) is 3.74. The molecule has 0 aromatic heterocycles. The third-order valence-corrected chi connectivity index (χ3v) is 2.93. The molecular formula is C9H8ClNS. The molecule has 0 aliphatic carbocycles. The highest BCUT2D eigenvalue weighted by Gasteiger charge is 2.22. The largest absolute Gasteiger partial charge is 0.339 e. The lowest BCUT2D eigenvalue weighted by Gasteiger charge is -2.11. The molecule has 0 saturated heterocycles. The predicted octanol–water partition coefficient (Wildman–Crippen LogP) is 2.66. The van der Waals surface area contributed by atoms with Gasteiger partial charge in [-0.2, -0.15) is 0 Å². The zero-order chi connectivity index (χ0) is 8.72. The number of thiocarbonyl (C=S) groups is 1. The fraction of sp³-hybridized carbons (Fsp3) is 0.222. The van der Waals surface area contributed by atoms with Gasteiger partial charge in [0.1, 0.15) is 0 Å². The van der Waals surface area contributed by atoms with E-state index in [0.717, 1.165) is 27.7 Å². The van der Waals surface area contributed by atoms with Crippen LogP contribution in [0.1, 0.15) is 5.56 Å². The molecule has 0 atom stereocenters. The quantitative estimate of drug-likeness (QED) is 0.589. The van der Waals surface area contributed by atoms with Gasteiger partial charge in [0.2, 0.25) is 0 Å². The maximum Gasteiger partial charge on any atom is 0.0866 e. The van der Waals surface area contributed by atoms with Crippen molar-refractivity contribution in [2.75, 3.05) is 11.9 Å². The van der Waals surface area contributed by atoms with Gasteiger partial charge in [0.15, 0.2) is 0 Å². The maximum absolute atomic E-state index is 6.01. The second kappa shape index (κ2) is 2.71. The van der Waals surface area contributed by atoms with Crippen molar-refractivity contribution in [3.8, 4) is 0 Å². The Kier molecular flexibility index (Phi) is 1.81. The Morgan fingerprint density at radius 2 is 2.25 bits per heavy atom. The first kappa shape index (κ1) is 8.02. The van der Waals surface area contributed by atoms with Gasteiger partial charge >= 0.3 is 0 Å². The lowest BCUT2D eigenvalue weighted by molar-refractivity contribution is 1.32. The zero-order valence-corrected chi connectivity index (χ0v) is 8.25. The van der Waals surface area contributed by atoms with E-state index >= 15 is 0 Å². The van der Waals surface area contributed by atoms with Crippen LogP contribution in [0.15, 0.2) is 18.2 Å². The topological polar surface area (TPSA) is 3.24 Å². The number of nitrogens with zero attached hydrogens (tertiary/aromatic N) is 1. The van der Waals surface area contributed by atoms with E-state index in [-0.39, 0.29) is 0 Å². The zero-order valence-electron chi connectivity index (χ0n) is 6.67. The Morgan fingerprint density at radius 1 is 1.50 bits per heavy atom. The molecule has 0 bridgehead atoms. The van der Waals surface area contributed by atoms with Crippen LogP contribution in [0.5, 0.6) is 0 Å². The van der Waals surface area contributed by atoms with Gasteiger partial charge in [0.05, 0.1) is 4.99 Å². The highest BCUT2D eigenvalue weighted by Crippen LogP contribution is 2.33. The first-order valence-corrected chi connectivity index (χ1v) is 4.52. The molecule has 0 amide bonds. The van der Waals surface area contributed by atoms with Gasteiger partial charge in [0.25, 0.3) is 0 Å². The van der Waals surface area contributed by atoms with E-state index in [9.17, 15) is 0 Å². The molecule has 0 N–H and O–H groups in total. The molecule has 3 heteroatoms. The number of fused-ring (bicyclic) bond motifs is 1. The van der Waals surface area contributed by atoms with Crippen molar-refractivity contribution in [1.29, 1.82) is 0 Å². The second-order valence-corrected chi connectivity index (χ2v) is 3.75. The average Bonchev–Trinajstić information content (AvgIpc) is 2.32. The predicted molar refractivity (Wildman–Crippen MR) is 56.2 cm³/mol. The standard InChI is InChI=1S/C9H8ClNS/c1-11-8-4-2-3-7(10)6(8)5-9(11)12/h2-4H,5H2,1H3. The third-order valence-electron chi connectivity index (χ3n) is 2.16. The highest BCUT2D eigenvalue weighted by molar-refractivity contribution is 7.80. The number of rotatable bonds is 0. The van der Waals surface area contributed by atoms with Gasteiger partial charge in [-0.25, -0.2) is 0 Å². The smallest absolute Gasteiger partial charge is 0.0866 e. The van der Waals surface area contributed by atoms with Crippen LogP contribution in [0.3, 0.4) is 0 Å². The minimum Gasteiger partial charge on any atom is -0.339 e. The van der Waals surface area contributed by atoms with E-state index in [0.29, 0.717) is 0 Å². The summed E-state index contributed by atoms with van der Waals surface area (Å²) < 4.78 is 0. The Morgan fingerprint density at radius 3 is 2.92 bits per heavy atom. The number of hydrogen-bond acceptors (Lipinski definition) is 1. The summed E-state index contributed by atoms with van der Waals surface area (Å²) in [5, 5.41) is 0.819. The molecule has 1 nitrogen and oxygen atoms in total. The van der Waals surface area contributed by atoms with Gasteiger partial charge < -0.3 is 4.90 Å². The molecule has 1 aromatic carbocycles. The summed E-state index contributed by atoms with van der Waals surface area (Å²) in [5.74, 6) is 0. The number of hydrogen-bond donors (Lipinski definition) is 0. The first-order chi connectivity index (χ1) is 5.70. The summed E-state index contributed by atoms with van der Waals surface area (Å²) in [6.07, 6.45) is 0.806. The maximum atomic E-state index is 6.01. The van der Waals surface area contributed by atoms with Crippen molar-refractivity contribution in [2.45, 2.75) is 6.42 Å². The van der Waals surface area contributed by atoms with E-state index in [1.807, 2.05) is 30.1 Å². The van der Waals surface area contributed by atoms with Crippen LogP contribution in [0, 0.1) is 0 Å². The molecule has 62 valence electrons. The van der Waals surface area contributed by atoms with E-state index in [1.165, 1.54) is 0 Å². The average molecular weight is 198 g/mol. The van der Waals surface area contributed by atoms with Gasteiger partial charge in [-0.15, -0.1) is 0 Å². The summed E-state index contributed by atoms with van der Waals surface area (Å²) in [4.78, 5) is 2.95. The molecule has 0 unspecified atom stereocenters. The molecule has 0 radical (unpaired) electrons. The van der Waals surface area contributed by atoms with Crippen LogP contribution < -0.4 is 4.90 Å². The summed E-state index contributed by atoms with van der Waals surface area (Å²) >= 11 is 11.2. The lowest BCUT2D eigenvalue weighted by Crippen LogP contribution is -2.18. The summed E-state index contributed by atoms with van der Waals surface area (Å²) in [6, 6.07) is 5.90. The molecule has 1 aliphatic heterocycles. The summed E-state index contributed by atoms with van der Waals surface area (Å²) in [5.41, 5.74) is 2.30. The molecular weight excluding hydrogens is 190 g/mol. The van der Waals surface area contributed by atoms with Crippen LogP contribution in [-0.4, -0.2) is 12.0 Å².